The first-order chi connectivity index (χ1) is 17.1. The van der Waals surface area contributed by atoms with E-state index >= 15 is 0 Å². The molecule has 1 atom stereocenters. The molecule has 2 aromatic carbocycles. The molecule has 1 unspecified atom stereocenters. The molecule has 2 heterocycles. The SMILES string of the molecule is O=C(ON1CCc2nc(C3(c4ccccc4)CC3)[nH]c(=O)c2C1)C(O)c1cc(F)cc(C(F)(F)F)c1. The third-order valence-corrected chi connectivity index (χ3v) is 6.57. The number of carbonyl (C=O) groups excluding carboxylic acids is 1. The van der Waals surface area contributed by atoms with Crippen LogP contribution >= 0.6 is 0 Å². The number of aliphatic hydroxyl groups excluding tert-OH is 1. The van der Waals surface area contributed by atoms with Crippen LogP contribution in [-0.2, 0) is 34.2 Å². The Kier molecular flexibility index (Phi) is 5.92. The normalized spacial score (nSPS) is 17.8. The lowest BCUT2D eigenvalue weighted by Gasteiger charge is -2.28. The zero-order chi connectivity index (χ0) is 25.7. The number of carbonyl (C=O) groups is 1. The van der Waals surface area contributed by atoms with E-state index in [-0.39, 0.29) is 36.6 Å². The summed E-state index contributed by atoms with van der Waals surface area (Å²) in [5.74, 6) is -1.96. The number of aliphatic hydroxyl groups is 1. The second-order valence-corrected chi connectivity index (χ2v) is 8.99. The molecule has 2 aliphatic rings. The van der Waals surface area contributed by atoms with Crippen molar-refractivity contribution in [3.63, 3.8) is 0 Å². The Labute approximate surface area is 202 Å². The smallest absolute Gasteiger partial charge is 0.377 e. The van der Waals surface area contributed by atoms with Crippen molar-refractivity contribution in [2.45, 2.75) is 43.5 Å². The lowest BCUT2D eigenvalue weighted by Crippen LogP contribution is -2.39. The van der Waals surface area contributed by atoms with Crippen molar-refractivity contribution < 1.29 is 32.3 Å². The molecule has 0 amide bonds. The molecular formula is C25H21F4N3O4. The minimum absolute atomic E-state index is 0.119. The van der Waals surface area contributed by atoms with E-state index in [9.17, 15) is 32.3 Å². The molecule has 1 aliphatic heterocycles. The molecule has 0 spiro atoms. The van der Waals surface area contributed by atoms with Crippen molar-refractivity contribution >= 4 is 5.97 Å². The van der Waals surface area contributed by atoms with E-state index in [0.29, 0.717) is 29.2 Å². The number of aromatic nitrogens is 2. The number of alkyl halides is 3. The molecule has 3 aromatic rings. The monoisotopic (exact) mass is 503 g/mol. The fourth-order valence-electron chi connectivity index (χ4n) is 4.50. The molecule has 0 radical (unpaired) electrons. The maximum Gasteiger partial charge on any atom is 0.416 e. The van der Waals surface area contributed by atoms with Crippen molar-refractivity contribution in [1.29, 1.82) is 0 Å². The summed E-state index contributed by atoms with van der Waals surface area (Å²) in [6.07, 6.45) is -5.02. The molecule has 1 aliphatic carbocycles. The average Bonchev–Trinajstić information content (AvgIpc) is 3.66. The first-order valence-electron chi connectivity index (χ1n) is 11.3. The minimum Gasteiger partial charge on any atom is -0.377 e. The van der Waals surface area contributed by atoms with E-state index in [4.69, 9.17) is 9.82 Å². The zero-order valence-corrected chi connectivity index (χ0v) is 18.8. The lowest BCUT2D eigenvalue weighted by molar-refractivity contribution is -0.205. The number of hydrogen-bond donors (Lipinski definition) is 2. The highest BCUT2D eigenvalue weighted by Gasteiger charge is 2.48. The van der Waals surface area contributed by atoms with Crippen LogP contribution < -0.4 is 5.56 Å². The number of benzene rings is 2. The largest absolute Gasteiger partial charge is 0.416 e. The number of nitrogens with zero attached hydrogens (tertiary/aromatic N) is 2. The molecule has 1 saturated carbocycles. The van der Waals surface area contributed by atoms with Crippen LogP contribution in [0.2, 0.25) is 0 Å². The third-order valence-electron chi connectivity index (χ3n) is 6.57. The quantitative estimate of drug-likeness (QED) is 0.517. The molecule has 11 heteroatoms. The van der Waals surface area contributed by atoms with Crippen molar-refractivity contribution in [3.8, 4) is 0 Å². The maximum absolute atomic E-state index is 13.7. The third kappa shape index (κ3) is 4.51. The molecule has 5 rings (SSSR count). The Morgan fingerprint density at radius 3 is 2.56 bits per heavy atom. The highest BCUT2D eigenvalue weighted by Crippen LogP contribution is 2.51. The zero-order valence-electron chi connectivity index (χ0n) is 18.8. The molecule has 7 nitrogen and oxygen atoms in total. The fourth-order valence-corrected chi connectivity index (χ4v) is 4.50. The minimum atomic E-state index is -4.86. The Balaban J connectivity index is 1.32. The number of halogens is 4. The van der Waals surface area contributed by atoms with Gasteiger partial charge >= 0.3 is 12.1 Å². The fraction of sp³-hybridized carbons (Fsp3) is 0.320. The van der Waals surface area contributed by atoms with Gasteiger partial charge in [0.05, 0.1) is 28.8 Å². The van der Waals surface area contributed by atoms with Crippen LogP contribution in [0.1, 0.15) is 52.7 Å². The van der Waals surface area contributed by atoms with Gasteiger partial charge in [0, 0.05) is 13.0 Å². The van der Waals surface area contributed by atoms with Crippen LogP contribution in [0.4, 0.5) is 17.6 Å². The topological polar surface area (TPSA) is 95.5 Å². The molecule has 1 fully saturated rings. The van der Waals surface area contributed by atoms with Gasteiger partial charge in [-0.05, 0) is 42.2 Å². The van der Waals surface area contributed by atoms with Gasteiger partial charge in [0.2, 0.25) is 0 Å². The number of nitrogens with one attached hydrogen (secondary N) is 1. The molecule has 0 bridgehead atoms. The average molecular weight is 503 g/mol. The van der Waals surface area contributed by atoms with Crippen LogP contribution in [0.3, 0.4) is 0 Å². The number of aromatic amines is 1. The summed E-state index contributed by atoms with van der Waals surface area (Å²) in [5, 5.41) is 11.3. The number of fused-ring (bicyclic) bond motifs is 1. The second kappa shape index (κ2) is 8.82. The number of H-pyrrole nitrogens is 1. The Bertz CT molecular complexity index is 1370. The van der Waals surface area contributed by atoms with Crippen molar-refractivity contribution in [3.05, 3.63) is 98.5 Å². The van der Waals surface area contributed by atoms with Crippen LogP contribution in [0.5, 0.6) is 0 Å². The van der Waals surface area contributed by atoms with Gasteiger partial charge in [0.15, 0.2) is 6.10 Å². The highest BCUT2D eigenvalue weighted by molar-refractivity contribution is 5.76. The van der Waals surface area contributed by atoms with Crippen LogP contribution in [0.15, 0.2) is 53.3 Å². The molecule has 2 N–H and O–H groups in total. The predicted octanol–water partition coefficient (Wildman–Crippen LogP) is 3.56. The summed E-state index contributed by atoms with van der Waals surface area (Å²) in [7, 11) is 0. The summed E-state index contributed by atoms with van der Waals surface area (Å²) in [4.78, 5) is 38.0. The summed E-state index contributed by atoms with van der Waals surface area (Å²) in [5.41, 5.74) is -0.704. The van der Waals surface area contributed by atoms with Crippen LogP contribution in [-0.4, -0.2) is 32.7 Å². The standard InChI is InChI=1S/C25H21F4N3O4/c26-17-11-14(10-16(12-17)25(27,28)29)20(33)22(35)36-32-9-6-19-18(13-32)21(34)31-23(30-19)24(7-8-24)15-4-2-1-3-5-15/h1-5,10-12,20,33H,6-9,13H2,(H,30,31,34). The first kappa shape index (κ1) is 24.1. The van der Waals surface area contributed by atoms with Gasteiger partial charge in [-0.25, -0.2) is 14.2 Å². The van der Waals surface area contributed by atoms with Crippen LogP contribution in [0.25, 0.3) is 0 Å². The van der Waals surface area contributed by atoms with Gasteiger partial charge in [0.25, 0.3) is 5.56 Å². The van der Waals surface area contributed by atoms with Crippen molar-refractivity contribution in [2.75, 3.05) is 6.54 Å². The maximum atomic E-state index is 13.7. The second-order valence-electron chi connectivity index (χ2n) is 8.99. The molecule has 1 aromatic heterocycles. The summed E-state index contributed by atoms with van der Waals surface area (Å²) < 4.78 is 52.5. The van der Waals surface area contributed by atoms with Gasteiger partial charge in [-0.3, -0.25) is 4.79 Å². The van der Waals surface area contributed by atoms with Crippen molar-refractivity contribution in [2.24, 2.45) is 0 Å². The highest BCUT2D eigenvalue weighted by atomic mass is 19.4. The Morgan fingerprint density at radius 2 is 1.89 bits per heavy atom. The van der Waals surface area contributed by atoms with E-state index in [1.165, 1.54) is 0 Å². The van der Waals surface area contributed by atoms with Gasteiger partial charge in [-0.15, -0.1) is 5.06 Å². The van der Waals surface area contributed by atoms with Gasteiger partial charge in [0.1, 0.15) is 11.6 Å². The first-order valence-corrected chi connectivity index (χ1v) is 11.3. The summed E-state index contributed by atoms with van der Waals surface area (Å²) >= 11 is 0. The number of hydroxylamine groups is 2. The van der Waals surface area contributed by atoms with Gasteiger partial charge < -0.3 is 14.9 Å². The van der Waals surface area contributed by atoms with E-state index in [0.717, 1.165) is 23.5 Å². The lowest BCUT2D eigenvalue weighted by atomic mass is 9.94. The summed E-state index contributed by atoms with van der Waals surface area (Å²) in [6.45, 7) is 0.0301. The van der Waals surface area contributed by atoms with E-state index < -0.39 is 35.2 Å². The number of rotatable bonds is 5. The molecule has 36 heavy (non-hydrogen) atoms. The van der Waals surface area contributed by atoms with E-state index in [1.807, 2.05) is 30.3 Å². The Morgan fingerprint density at radius 1 is 1.17 bits per heavy atom. The molecule has 0 saturated heterocycles. The van der Waals surface area contributed by atoms with Gasteiger partial charge in [-0.2, -0.15) is 13.2 Å². The molecule has 188 valence electrons. The summed E-state index contributed by atoms with van der Waals surface area (Å²) in [6, 6.07) is 11.1. The molecular weight excluding hydrogens is 482 g/mol. The van der Waals surface area contributed by atoms with Crippen LogP contribution in [0, 0.1) is 5.82 Å². The van der Waals surface area contributed by atoms with E-state index in [2.05, 4.69) is 4.98 Å². The Hall–Kier alpha value is -3.57. The van der Waals surface area contributed by atoms with Gasteiger partial charge in [-0.1, -0.05) is 30.3 Å². The van der Waals surface area contributed by atoms with Crippen molar-refractivity contribution in [1.82, 2.24) is 15.0 Å². The number of hydrogen-bond acceptors (Lipinski definition) is 6. The predicted molar refractivity (Wildman–Crippen MR) is 118 cm³/mol. The van der Waals surface area contributed by atoms with E-state index in [1.54, 1.807) is 0 Å².